The molecule has 0 amide bonds. The summed E-state index contributed by atoms with van der Waals surface area (Å²) >= 11 is 1.68. The van der Waals surface area contributed by atoms with Crippen molar-refractivity contribution in [2.24, 2.45) is 5.73 Å². The molecule has 0 saturated carbocycles. The lowest BCUT2D eigenvalue weighted by Gasteiger charge is -2.11. The molecule has 0 radical (unpaired) electrons. The van der Waals surface area contributed by atoms with Crippen LogP contribution in [0.1, 0.15) is 18.5 Å². The van der Waals surface area contributed by atoms with Crippen molar-refractivity contribution in [2.45, 2.75) is 17.9 Å². The zero-order chi connectivity index (χ0) is 13.0. The van der Waals surface area contributed by atoms with E-state index >= 15 is 0 Å². The monoisotopic (exact) mass is 259 g/mol. The Morgan fingerprint density at radius 1 is 1.06 bits per heavy atom. The van der Waals surface area contributed by atoms with Gasteiger partial charge in [-0.15, -0.1) is 11.8 Å². The number of thioether (sulfide) groups is 1. The normalized spacial score (nSPS) is 12.2. The van der Waals surface area contributed by atoms with Gasteiger partial charge in [-0.1, -0.05) is 24.3 Å². The number of nitrogens with two attached hydrogens (primary N) is 1. The van der Waals surface area contributed by atoms with Gasteiger partial charge in [-0.25, -0.2) is 0 Å². The van der Waals surface area contributed by atoms with E-state index in [9.17, 15) is 0 Å². The van der Waals surface area contributed by atoms with Gasteiger partial charge in [0.2, 0.25) is 0 Å². The molecular weight excluding hydrogens is 242 g/mol. The first-order valence-corrected chi connectivity index (χ1v) is 7.09. The Balaban J connectivity index is 2.18. The van der Waals surface area contributed by atoms with E-state index < -0.39 is 0 Å². The van der Waals surface area contributed by atoms with Crippen LogP contribution in [0.2, 0.25) is 0 Å². The van der Waals surface area contributed by atoms with Gasteiger partial charge in [0.15, 0.2) is 0 Å². The molecule has 1 atom stereocenters. The molecule has 0 fully saturated rings. The lowest BCUT2D eigenvalue weighted by molar-refractivity contribution is 0.471. The summed E-state index contributed by atoms with van der Waals surface area (Å²) in [5.74, 6) is 1.72. The zero-order valence-corrected chi connectivity index (χ0v) is 11.4. The Hall–Kier alpha value is -1.45. The minimum atomic E-state index is 0.0533. The largest absolute Gasteiger partial charge is 0.456 e. The standard InChI is InChI=1S/C15H17NOS/c1-11(16)12-7-9-13(10-8-12)17-14-5-3-4-6-15(14)18-2/h3-11H,16H2,1-2H3. The van der Waals surface area contributed by atoms with Crippen molar-refractivity contribution in [3.8, 4) is 11.5 Å². The van der Waals surface area contributed by atoms with E-state index in [1.165, 1.54) is 0 Å². The van der Waals surface area contributed by atoms with Gasteiger partial charge in [0.05, 0.1) is 0 Å². The third kappa shape index (κ3) is 3.06. The number of para-hydroxylation sites is 1. The summed E-state index contributed by atoms with van der Waals surface area (Å²) < 4.78 is 5.87. The van der Waals surface area contributed by atoms with Gasteiger partial charge in [-0.05, 0) is 43.0 Å². The molecule has 94 valence electrons. The van der Waals surface area contributed by atoms with Crippen LogP contribution in [0, 0.1) is 0 Å². The minimum Gasteiger partial charge on any atom is -0.456 e. The smallest absolute Gasteiger partial charge is 0.140 e. The van der Waals surface area contributed by atoms with E-state index in [1.807, 2.05) is 55.6 Å². The fourth-order valence-electron chi connectivity index (χ4n) is 1.67. The van der Waals surface area contributed by atoms with Gasteiger partial charge in [-0.3, -0.25) is 0 Å². The van der Waals surface area contributed by atoms with Crippen LogP contribution in [-0.2, 0) is 0 Å². The Morgan fingerprint density at radius 3 is 2.33 bits per heavy atom. The highest BCUT2D eigenvalue weighted by molar-refractivity contribution is 7.98. The fourth-order valence-corrected chi connectivity index (χ4v) is 2.20. The van der Waals surface area contributed by atoms with Crippen LogP contribution >= 0.6 is 11.8 Å². The first kappa shape index (κ1) is 13.0. The Labute approximate surface area is 112 Å². The zero-order valence-electron chi connectivity index (χ0n) is 10.6. The predicted molar refractivity (Wildman–Crippen MR) is 77.3 cm³/mol. The van der Waals surface area contributed by atoms with E-state index in [2.05, 4.69) is 6.07 Å². The van der Waals surface area contributed by atoms with E-state index in [0.717, 1.165) is 22.0 Å². The molecule has 0 saturated heterocycles. The molecule has 2 aromatic rings. The number of benzene rings is 2. The molecule has 0 heterocycles. The van der Waals surface area contributed by atoms with Crippen LogP contribution < -0.4 is 10.5 Å². The topological polar surface area (TPSA) is 35.2 Å². The second kappa shape index (κ2) is 5.94. The lowest BCUT2D eigenvalue weighted by atomic mass is 10.1. The van der Waals surface area contributed by atoms with Crippen LogP contribution in [0.4, 0.5) is 0 Å². The SMILES string of the molecule is CSc1ccccc1Oc1ccc(C(C)N)cc1. The maximum atomic E-state index is 5.87. The molecule has 0 bridgehead atoms. The Morgan fingerprint density at radius 2 is 1.72 bits per heavy atom. The highest BCUT2D eigenvalue weighted by Crippen LogP contribution is 2.31. The second-order valence-corrected chi connectivity index (χ2v) is 4.96. The van der Waals surface area contributed by atoms with E-state index in [1.54, 1.807) is 11.8 Å². The van der Waals surface area contributed by atoms with Crippen LogP contribution in [0.25, 0.3) is 0 Å². The van der Waals surface area contributed by atoms with Gasteiger partial charge in [0, 0.05) is 10.9 Å². The number of hydrogen-bond acceptors (Lipinski definition) is 3. The van der Waals surface area contributed by atoms with E-state index in [-0.39, 0.29) is 6.04 Å². The average Bonchev–Trinajstić information content (AvgIpc) is 2.40. The average molecular weight is 259 g/mol. The van der Waals surface area contributed by atoms with E-state index in [0.29, 0.717) is 0 Å². The van der Waals surface area contributed by atoms with Gasteiger partial charge in [-0.2, -0.15) is 0 Å². The van der Waals surface area contributed by atoms with Gasteiger partial charge in [0.25, 0.3) is 0 Å². The molecule has 2 rings (SSSR count). The van der Waals surface area contributed by atoms with Crippen molar-refractivity contribution >= 4 is 11.8 Å². The van der Waals surface area contributed by atoms with Crippen molar-refractivity contribution in [2.75, 3.05) is 6.26 Å². The molecule has 0 aliphatic heterocycles. The minimum absolute atomic E-state index is 0.0533. The fraction of sp³-hybridized carbons (Fsp3) is 0.200. The molecule has 2 nitrogen and oxygen atoms in total. The molecule has 0 aliphatic rings. The first-order chi connectivity index (χ1) is 8.70. The summed E-state index contributed by atoms with van der Waals surface area (Å²) in [6.07, 6.45) is 2.04. The molecule has 0 aromatic heterocycles. The summed E-state index contributed by atoms with van der Waals surface area (Å²) in [5.41, 5.74) is 6.93. The van der Waals surface area contributed by atoms with Crippen molar-refractivity contribution in [3.63, 3.8) is 0 Å². The summed E-state index contributed by atoms with van der Waals surface area (Å²) in [5, 5.41) is 0. The lowest BCUT2D eigenvalue weighted by Crippen LogP contribution is -2.04. The quantitative estimate of drug-likeness (QED) is 0.835. The first-order valence-electron chi connectivity index (χ1n) is 5.87. The number of ether oxygens (including phenoxy) is 1. The van der Waals surface area contributed by atoms with Crippen molar-refractivity contribution in [1.82, 2.24) is 0 Å². The molecule has 18 heavy (non-hydrogen) atoms. The summed E-state index contributed by atoms with van der Waals surface area (Å²) in [4.78, 5) is 1.13. The van der Waals surface area contributed by atoms with Crippen LogP contribution in [-0.4, -0.2) is 6.26 Å². The van der Waals surface area contributed by atoms with Gasteiger partial charge in [0.1, 0.15) is 11.5 Å². The predicted octanol–water partition coefficient (Wildman–Crippen LogP) is 4.22. The molecule has 3 heteroatoms. The maximum absolute atomic E-state index is 5.87. The van der Waals surface area contributed by atoms with Crippen LogP contribution in [0.3, 0.4) is 0 Å². The maximum Gasteiger partial charge on any atom is 0.140 e. The number of hydrogen-bond donors (Lipinski definition) is 1. The Kier molecular flexibility index (Phi) is 4.28. The summed E-state index contributed by atoms with van der Waals surface area (Å²) in [6.45, 7) is 1.97. The molecular formula is C15H17NOS. The summed E-state index contributed by atoms with van der Waals surface area (Å²) in [6, 6.07) is 16.0. The Bertz CT molecular complexity index is 508. The molecule has 0 spiro atoms. The second-order valence-electron chi connectivity index (χ2n) is 4.11. The molecule has 2 aromatic carbocycles. The van der Waals surface area contributed by atoms with Gasteiger partial charge >= 0.3 is 0 Å². The van der Waals surface area contributed by atoms with Crippen molar-refractivity contribution in [3.05, 3.63) is 54.1 Å². The van der Waals surface area contributed by atoms with E-state index in [4.69, 9.17) is 10.5 Å². The molecule has 2 N–H and O–H groups in total. The van der Waals surface area contributed by atoms with Crippen LogP contribution in [0.5, 0.6) is 11.5 Å². The highest BCUT2D eigenvalue weighted by Gasteiger charge is 2.04. The third-order valence-corrected chi connectivity index (χ3v) is 3.48. The van der Waals surface area contributed by atoms with Crippen LogP contribution in [0.15, 0.2) is 53.4 Å². The molecule has 0 aliphatic carbocycles. The van der Waals surface area contributed by atoms with Crippen molar-refractivity contribution in [1.29, 1.82) is 0 Å². The van der Waals surface area contributed by atoms with Gasteiger partial charge < -0.3 is 10.5 Å². The highest BCUT2D eigenvalue weighted by atomic mass is 32.2. The van der Waals surface area contributed by atoms with Crippen molar-refractivity contribution < 1.29 is 4.74 Å². The molecule has 1 unspecified atom stereocenters. The number of rotatable bonds is 4. The third-order valence-electron chi connectivity index (χ3n) is 2.70. The summed E-state index contributed by atoms with van der Waals surface area (Å²) in [7, 11) is 0.